The van der Waals surface area contributed by atoms with Gasteiger partial charge in [-0.05, 0) is 26.0 Å². The van der Waals surface area contributed by atoms with E-state index >= 15 is 0 Å². The van der Waals surface area contributed by atoms with Crippen molar-refractivity contribution in [2.75, 3.05) is 14.1 Å². The first kappa shape index (κ1) is 15.2. The van der Waals surface area contributed by atoms with Gasteiger partial charge in [-0.3, -0.25) is 0 Å². The Kier molecular flexibility index (Phi) is 4.42. The van der Waals surface area contributed by atoms with Crippen LogP contribution >= 0.6 is 11.3 Å². The molecule has 2 rings (SSSR count). The maximum absolute atomic E-state index is 12.3. The van der Waals surface area contributed by atoms with Gasteiger partial charge in [-0.1, -0.05) is 23.5 Å². The number of hydrogen-bond donors (Lipinski definition) is 0. The molecular formula is C14H17N3O3S. The highest BCUT2D eigenvalue weighted by Crippen LogP contribution is 2.17. The number of thiazole rings is 1. The van der Waals surface area contributed by atoms with Crippen LogP contribution in [0, 0.1) is 0 Å². The molecule has 6 nitrogen and oxygen atoms in total. The molecule has 0 aliphatic heterocycles. The Bertz CT molecular complexity index is 743. The molecule has 0 saturated carbocycles. The number of urea groups is 1. The molecule has 1 heterocycles. The number of amides is 2. The van der Waals surface area contributed by atoms with E-state index in [-0.39, 0.29) is 6.10 Å². The topological polar surface area (TPSA) is 63.9 Å². The predicted octanol–water partition coefficient (Wildman–Crippen LogP) is 2.68. The van der Waals surface area contributed by atoms with Crippen LogP contribution in [-0.4, -0.2) is 41.8 Å². The molecule has 2 amide bonds. The van der Waals surface area contributed by atoms with Crippen molar-refractivity contribution in [3.8, 4) is 0 Å². The van der Waals surface area contributed by atoms with Gasteiger partial charge in [0.25, 0.3) is 0 Å². The van der Waals surface area contributed by atoms with E-state index in [2.05, 4.69) is 4.99 Å². The van der Waals surface area contributed by atoms with E-state index in [0.29, 0.717) is 10.3 Å². The fourth-order valence-corrected chi connectivity index (χ4v) is 2.66. The highest BCUT2D eigenvalue weighted by molar-refractivity contribution is 7.16. The molecule has 0 N–H and O–H groups in total. The molecule has 7 heteroatoms. The van der Waals surface area contributed by atoms with E-state index in [1.165, 1.54) is 20.8 Å². The van der Waals surface area contributed by atoms with Crippen LogP contribution in [0.1, 0.15) is 13.8 Å². The Hall–Kier alpha value is -2.15. The lowest BCUT2D eigenvalue weighted by molar-refractivity contribution is 0.117. The van der Waals surface area contributed by atoms with Gasteiger partial charge in [-0.15, -0.1) is 0 Å². The maximum atomic E-state index is 12.3. The van der Waals surface area contributed by atoms with Crippen molar-refractivity contribution in [2.24, 2.45) is 4.99 Å². The summed E-state index contributed by atoms with van der Waals surface area (Å²) in [6.07, 6.45) is -0.784. The number of nitrogens with zero attached hydrogens (tertiary/aromatic N) is 3. The number of hydrogen-bond acceptors (Lipinski definition) is 4. The molecule has 112 valence electrons. The first-order valence-corrected chi connectivity index (χ1v) is 7.29. The third-order valence-electron chi connectivity index (χ3n) is 2.59. The summed E-state index contributed by atoms with van der Waals surface area (Å²) in [6, 6.07) is 6.94. The van der Waals surface area contributed by atoms with Crippen LogP contribution in [-0.2, 0) is 4.74 Å². The molecule has 0 saturated heterocycles. The molecule has 0 fully saturated rings. The standard InChI is InChI=1S/C14H17N3O3S/c1-9(2)20-14(19)17-10-7-5-6-8-11(10)21-13(17)15-12(18)16(3)4/h5-9H,1-4H3. The molecule has 0 atom stereocenters. The summed E-state index contributed by atoms with van der Waals surface area (Å²) >= 11 is 1.27. The van der Waals surface area contributed by atoms with Crippen molar-refractivity contribution in [2.45, 2.75) is 20.0 Å². The van der Waals surface area contributed by atoms with Crippen LogP contribution in [0.5, 0.6) is 0 Å². The molecule has 2 aromatic rings. The van der Waals surface area contributed by atoms with Gasteiger partial charge in [0.05, 0.1) is 16.3 Å². The lowest BCUT2D eigenvalue weighted by Gasteiger charge is -2.09. The average Bonchev–Trinajstić information content (AvgIpc) is 2.75. The Morgan fingerprint density at radius 2 is 1.95 bits per heavy atom. The summed E-state index contributed by atoms with van der Waals surface area (Å²) in [5, 5.41) is 0. The third-order valence-corrected chi connectivity index (χ3v) is 3.61. The normalized spacial score (nSPS) is 12.0. The van der Waals surface area contributed by atoms with Crippen LogP contribution in [0.25, 0.3) is 10.2 Å². The van der Waals surface area contributed by atoms with Crippen LogP contribution in [0.3, 0.4) is 0 Å². The van der Waals surface area contributed by atoms with E-state index in [1.807, 2.05) is 18.2 Å². The fraction of sp³-hybridized carbons (Fsp3) is 0.357. The molecule has 0 unspecified atom stereocenters. The zero-order valence-corrected chi connectivity index (χ0v) is 13.2. The Balaban J connectivity index is 2.64. The van der Waals surface area contributed by atoms with Gasteiger partial charge in [0, 0.05) is 14.1 Å². The van der Waals surface area contributed by atoms with Crippen LogP contribution in [0.15, 0.2) is 29.3 Å². The number of benzene rings is 1. The zero-order chi connectivity index (χ0) is 15.6. The Morgan fingerprint density at radius 3 is 2.57 bits per heavy atom. The SMILES string of the molecule is CC(C)OC(=O)n1c(=NC(=O)N(C)C)sc2ccccc21. The predicted molar refractivity (Wildman–Crippen MR) is 81.5 cm³/mol. The second-order valence-electron chi connectivity index (χ2n) is 4.91. The number of rotatable bonds is 1. The summed E-state index contributed by atoms with van der Waals surface area (Å²) in [5.41, 5.74) is 0.679. The van der Waals surface area contributed by atoms with Crippen molar-refractivity contribution < 1.29 is 14.3 Å². The molecular weight excluding hydrogens is 290 g/mol. The van der Waals surface area contributed by atoms with E-state index in [1.54, 1.807) is 34.0 Å². The van der Waals surface area contributed by atoms with Gasteiger partial charge in [0.15, 0.2) is 0 Å². The van der Waals surface area contributed by atoms with Crippen LogP contribution in [0.4, 0.5) is 9.59 Å². The van der Waals surface area contributed by atoms with Gasteiger partial charge in [-0.25, -0.2) is 14.2 Å². The van der Waals surface area contributed by atoms with E-state index in [9.17, 15) is 9.59 Å². The van der Waals surface area contributed by atoms with Crippen molar-refractivity contribution in [1.29, 1.82) is 0 Å². The second-order valence-corrected chi connectivity index (χ2v) is 5.92. The monoisotopic (exact) mass is 307 g/mol. The van der Waals surface area contributed by atoms with E-state index in [4.69, 9.17) is 4.74 Å². The van der Waals surface area contributed by atoms with Crippen LogP contribution < -0.4 is 4.80 Å². The lowest BCUT2D eigenvalue weighted by Crippen LogP contribution is -2.29. The van der Waals surface area contributed by atoms with Crippen molar-refractivity contribution in [3.63, 3.8) is 0 Å². The third kappa shape index (κ3) is 3.30. The number of ether oxygens (including phenoxy) is 1. The van der Waals surface area contributed by atoms with Gasteiger partial charge in [0.1, 0.15) is 0 Å². The molecule has 1 aromatic heterocycles. The number of para-hydroxylation sites is 1. The molecule has 0 aliphatic rings. The highest BCUT2D eigenvalue weighted by atomic mass is 32.1. The van der Waals surface area contributed by atoms with Gasteiger partial charge >= 0.3 is 12.1 Å². The van der Waals surface area contributed by atoms with Crippen molar-refractivity contribution in [3.05, 3.63) is 29.1 Å². The number of aromatic nitrogens is 1. The molecule has 21 heavy (non-hydrogen) atoms. The minimum Gasteiger partial charge on any atom is -0.446 e. The summed E-state index contributed by atoms with van der Waals surface area (Å²) in [7, 11) is 3.21. The first-order chi connectivity index (χ1) is 9.90. The largest absolute Gasteiger partial charge is 0.446 e. The van der Waals surface area contributed by atoms with Gasteiger partial charge in [0.2, 0.25) is 4.80 Å². The highest BCUT2D eigenvalue weighted by Gasteiger charge is 2.16. The number of fused-ring (bicyclic) bond motifs is 1. The minimum absolute atomic E-state index is 0.249. The fourth-order valence-electron chi connectivity index (χ4n) is 1.66. The van der Waals surface area contributed by atoms with E-state index in [0.717, 1.165) is 4.70 Å². The lowest BCUT2D eigenvalue weighted by atomic mass is 10.3. The average molecular weight is 307 g/mol. The Morgan fingerprint density at radius 1 is 1.29 bits per heavy atom. The van der Waals surface area contributed by atoms with Gasteiger partial charge < -0.3 is 9.64 Å². The molecule has 0 radical (unpaired) electrons. The van der Waals surface area contributed by atoms with Crippen LogP contribution in [0.2, 0.25) is 0 Å². The molecule has 0 spiro atoms. The van der Waals surface area contributed by atoms with Crippen molar-refractivity contribution in [1.82, 2.24) is 9.47 Å². The quantitative estimate of drug-likeness (QED) is 0.813. The summed E-state index contributed by atoms with van der Waals surface area (Å²) in [5.74, 6) is 0. The summed E-state index contributed by atoms with van der Waals surface area (Å²) in [6.45, 7) is 3.55. The molecule has 1 aromatic carbocycles. The minimum atomic E-state index is -0.534. The van der Waals surface area contributed by atoms with E-state index < -0.39 is 12.1 Å². The Labute approximate surface area is 126 Å². The smallest absolute Gasteiger partial charge is 0.421 e. The summed E-state index contributed by atoms with van der Waals surface area (Å²) < 4.78 is 7.43. The van der Waals surface area contributed by atoms with Crippen molar-refractivity contribution >= 4 is 33.7 Å². The molecule has 0 aliphatic carbocycles. The number of carbonyl (C=O) groups excluding carboxylic acids is 2. The second kappa shape index (κ2) is 6.09. The molecule has 0 bridgehead atoms. The first-order valence-electron chi connectivity index (χ1n) is 6.47. The van der Waals surface area contributed by atoms with Gasteiger partial charge in [-0.2, -0.15) is 4.99 Å². The number of carbonyl (C=O) groups is 2. The zero-order valence-electron chi connectivity index (χ0n) is 12.4. The maximum Gasteiger partial charge on any atom is 0.421 e. The summed E-state index contributed by atoms with van der Waals surface area (Å²) in [4.78, 5) is 29.7.